The van der Waals surface area contributed by atoms with Gasteiger partial charge < -0.3 is 4.74 Å². The molecule has 98 valence electrons. The number of rotatable bonds is 2. The summed E-state index contributed by atoms with van der Waals surface area (Å²) in [5.74, 6) is 0.850. The van der Waals surface area contributed by atoms with Crippen LogP contribution in [0.25, 0.3) is 0 Å². The van der Waals surface area contributed by atoms with Gasteiger partial charge in [0, 0.05) is 12.0 Å². The Kier molecular flexibility index (Phi) is 2.74. The summed E-state index contributed by atoms with van der Waals surface area (Å²) >= 11 is 0. The highest BCUT2D eigenvalue weighted by molar-refractivity contribution is 5.42. The Morgan fingerprint density at radius 3 is 2.78 bits per heavy atom. The number of hydrogen-bond acceptors (Lipinski definition) is 1. The first-order valence-electron chi connectivity index (χ1n) is 6.93. The van der Waals surface area contributed by atoms with Crippen molar-refractivity contribution in [2.24, 2.45) is 5.92 Å². The molecule has 3 rings (SSSR count). The zero-order valence-electron chi connectivity index (χ0n) is 11.4. The lowest BCUT2D eigenvalue weighted by Crippen LogP contribution is -2.22. The predicted octanol–water partition coefficient (Wildman–Crippen LogP) is 3.94. The maximum absolute atomic E-state index is 14.3. The summed E-state index contributed by atoms with van der Waals surface area (Å²) in [5.41, 5.74) is 3.42. The zero-order chi connectivity index (χ0) is 12.9. The topological polar surface area (TPSA) is 9.23 Å². The van der Waals surface area contributed by atoms with E-state index in [2.05, 4.69) is 19.9 Å². The molecule has 1 nitrogen and oxygen atoms in total. The maximum Gasteiger partial charge on any atom is 0.127 e. The number of halogens is 1. The third-order valence-corrected chi connectivity index (χ3v) is 4.73. The summed E-state index contributed by atoms with van der Waals surface area (Å²) < 4.78 is 19.8. The molecule has 0 bridgehead atoms. The van der Waals surface area contributed by atoms with E-state index in [1.54, 1.807) is 6.07 Å². The largest absolute Gasteiger partial charge is 0.381 e. The first-order valence-corrected chi connectivity index (χ1v) is 6.93. The molecule has 1 aliphatic heterocycles. The third-order valence-electron chi connectivity index (χ3n) is 4.73. The van der Waals surface area contributed by atoms with Gasteiger partial charge in [-0.3, -0.25) is 0 Å². The molecule has 0 aromatic heterocycles. The van der Waals surface area contributed by atoms with Gasteiger partial charge in [-0.1, -0.05) is 19.9 Å². The van der Waals surface area contributed by atoms with Crippen molar-refractivity contribution in [1.29, 1.82) is 0 Å². The van der Waals surface area contributed by atoms with Crippen molar-refractivity contribution in [2.75, 3.05) is 13.2 Å². The van der Waals surface area contributed by atoms with Crippen molar-refractivity contribution in [2.45, 2.75) is 44.9 Å². The average molecular weight is 248 g/mol. The highest BCUT2D eigenvalue weighted by Gasteiger charge is 2.56. The van der Waals surface area contributed by atoms with Crippen molar-refractivity contribution >= 4 is 0 Å². The molecule has 2 unspecified atom stereocenters. The van der Waals surface area contributed by atoms with Crippen LogP contribution in [-0.2, 0) is 10.2 Å². The summed E-state index contributed by atoms with van der Waals surface area (Å²) in [5, 5.41) is 0. The quantitative estimate of drug-likeness (QED) is 0.770. The molecule has 2 aliphatic rings. The monoisotopic (exact) mass is 248 g/mol. The van der Waals surface area contributed by atoms with Crippen LogP contribution >= 0.6 is 0 Å². The lowest BCUT2D eigenvalue weighted by atomic mass is 9.85. The first-order chi connectivity index (χ1) is 8.54. The van der Waals surface area contributed by atoms with Crippen LogP contribution in [0.15, 0.2) is 12.1 Å². The van der Waals surface area contributed by atoms with Gasteiger partial charge in [0.25, 0.3) is 0 Å². The van der Waals surface area contributed by atoms with Gasteiger partial charge in [-0.15, -0.1) is 0 Å². The van der Waals surface area contributed by atoms with Gasteiger partial charge in [-0.25, -0.2) is 4.39 Å². The highest BCUT2D eigenvalue weighted by Crippen LogP contribution is 2.59. The molecule has 18 heavy (non-hydrogen) atoms. The van der Waals surface area contributed by atoms with Crippen LogP contribution in [0.1, 0.15) is 49.3 Å². The number of ether oxygens (including phenoxy) is 1. The fraction of sp³-hybridized carbons (Fsp3) is 0.625. The van der Waals surface area contributed by atoms with Crippen LogP contribution in [0.2, 0.25) is 0 Å². The van der Waals surface area contributed by atoms with Gasteiger partial charge in [0.2, 0.25) is 0 Å². The molecule has 1 aromatic rings. The lowest BCUT2D eigenvalue weighted by Gasteiger charge is -2.24. The molecule has 0 radical (unpaired) electrons. The van der Waals surface area contributed by atoms with E-state index in [1.165, 1.54) is 12.0 Å². The molecule has 0 N–H and O–H groups in total. The second kappa shape index (κ2) is 4.06. The fourth-order valence-corrected chi connectivity index (χ4v) is 3.66. The van der Waals surface area contributed by atoms with Crippen molar-refractivity contribution in [1.82, 2.24) is 0 Å². The highest BCUT2D eigenvalue weighted by atomic mass is 19.1. The number of fused-ring (bicyclic) bond motifs is 1. The van der Waals surface area contributed by atoms with Gasteiger partial charge >= 0.3 is 0 Å². The van der Waals surface area contributed by atoms with Gasteiger partial charge in [0.05, 0.1) is 6.61 Å². The summed E-state index contributed by atoms with van der Waals surface area (Å²) in [4.78, 5) is 0. The summed E-state index contributed by atoms with van der Waals surface area (Å²) in [6, 6.07) is 4.00. The summed E-state index contributed by atoms with van der Waals surface area (Å²) in [6.07, 6.45) is 2.23. The van der Waals surface area contributed by atoms with Crippen molar-refractivity contribution in [3.63, 3.8) is 0 Å². The minimum absolute atomic E-state index is 0.0217. The normalized spacial score (nSPS) is 30.4. The van der Waals surface area contributed by atoms with E-state index in [0.29, 0.717) is 5.92 Å². The standard InChI is InChI=1S/C16H21FO/c1-10(2)15-11(3)6-12(7-14(15)17)16-4-5-18-9-13(16)8-16/h6-7,10,13H,4-5,8-9H2,1-3H3. The summed E-state index contributed by atoms with van der Waals surface area (Å²) in [7, 11) is 0. The minimum atomic E-state index is -0.0217. The molecule has 1 saturated heterocycles. The molecule has 1 aliphatic carbocycles. The third kappa shape index (κ3) is 1.70. The van der Waals surface area contributed by atoms with Crippen molar-refractivity contribution < 1.29 is 9.13 Å². The Balaban J connectivity index is 2.00. The molecule has 0 spiro atoms. The van der Waals surface area contributed by atoms with Gasteiger partial charge in [-0.05, 0) is 54.4 Å². The Labute approximate surface area is 108 Å². The van der Waals surface area contributed by atoms with E-state index in [0.717, 1.165) is 30.8 Å². The molecular weight excluding hydrogens is 227 g/mol. The van der Waals surface area contributed by atoms with Crippen LogP contribution in [0.4, 0.5) is 4.39 Å². The zero-order valence-corrected chi connectivity index (χ0v) is 11.4. The number of hydrogen-bond donors (Lipinski definition) is 0. The smallest absolute Gasteiger partial charge is 0.127 e. The lowest BCUT2D eigenvalue weighted by molar-refractivity contribution is 0.0802. The van der Waals surface area contributed by atoms with Crippen LogP contribution < -0.4 is 0 Å². The Morgan fingerprint density at radius 1 is 1.39 bits per heavy atom. The fourth-order valence-electron chi connectivity index (χ4n) is 3.66. The van der Waals surface area contributed by atoms with E-state index < -0.39 is 0 Å². The molecular formula is C16H21FO. The van der Waals surface area contributed by atoms with Crippen LogP contribution in [-0.4, -0.2) is 13.2 Å². The Morgan fingerprint density at radius 2 is 2.17 bits per heavy atom. The molecule has 1 heterocycles. The Bertz CT molecular complexity index is 457. The van der Waals surface area contributed by atoms with Crippen molar-refractivity contribution in [3.05, 3.63) is 34.6 Å². The number of aryl methyl sites for hydroxylation is 1. The SMILES string of the molecule is Cc1cc(C23CCOCC2C3)cc(F)c1C(C)C. The van der Waals surface area contributed by atoms with E-state index in [1.807, 2.05) is 6.92 Å². The van der Waals surface area contributed by atoms with Crippen LogP contribution in [0.5, 0.6) is 0 Å². The average Bonchev–Trinajstić information content (AvgIpc) is 3.02. The molecule has 1 saturated carbocycles. The van der Waals surface area contributed by atoms with Gasteiger partial charge in [-0.2, -0.15) is 0 Å². The maximum atomic E-state index is 14.3. The van der Waals surface area contributed by atoms with E-state index >= 15 is 0 Å². The van der Waals surface area contributed by atoms with E-state index in [-0.39, 0.29) is 17.2 Å². The Hall–Kier alpha value is -0.890. The molecule has 2 atom stereocenters. The van der Waals surface area contributed by atoms with E-state index in [9.17, 15) is 4.39 Å². The minimum Gasteiger partial charge on any atom is -0.381 e. The van der Waals surface area contributed by atoms with E-state index in [4.69, 9.17) is 4.74 Å². The first kappa shape index (κ1) is 12.2. The second-order valence-electron chi connectivity index (χ2n) is 6.23. The molecule has 1 aromatic carbocycles. The van der Waals surface area contributed by atoms with Crippen LogP contribution in [0.3, 0.4) is 0 Å². The summed E-state index contributed by atoms with van der Waals surface area (Å²) in [6.45, 7) is 7.82. The molecule has 2 heteroatoms. The molecule has 0 amide bonds. The van der Waals surface area contributed by atoms with Gasteiger partial charge in [0.1, 0.15) is 5.82 Å². The number of benzene rings is 1. The van der Waals surface area contributed by atoms with Crippen molar-refractivity contribution in [3.8, 4) is 0 Å². The molecule has 2 fully saturated rings. The second-order valence-corrected chi connectivity index (χ2v) is 6.23. The van der Waals surface area contributed by atoms with Gasteiger partial charge in [0.15, 0.2) is 0 Å². The van der Waals surface area contributed by atoms with Crippen LogP contribution in [0, 0.1) is 18.7 Å². The predicted molar refractivity (Wildman–Crippen MR) is 70.4 cm³/mol.